The second kappa shape index (κ2) is 19.5. The number of fused-ring (bicyclic) bond motifs is 2. The molecule has 0 aromatic heterocycles. The molecule has 0 spiro atoms. The van der Waals surface area contributed by atoms with E-state index in [2.05, 4.69) is 35.8 Å². The number of aryl methyl sites for hydroxylation is 4. The topological polar surface area (TPSA) is 105 Å². The molecule has 286 valence electrons. The number of esters is 4. The molecule has 0 amide bonds. The zero-order valence-electron chi connectivity index (χ0n) is 32.1. The van der Waals surface area contributed by atoms with Crippen LogP contribution in [-0.2, 0) is 67.2 Å². The summed E-state index contributed by atoms with van der Waals surface area (Å²) in [6.45, 7) is 3.94. The second-order valence-electron chi connectivity index (χ2n) is 13.8. The number of hydrogen-bond acceptors (Lipinski definition) is 8. The predicted octanol–water partition coefficient (Wildman–Crippen LogP) is 8.02. The van der Waals surface area contributed by atoms with E-state index in [4.69, 9.17) is 18.9 Å². The van der Waals surface area contributed by atoms with Crippen molar-refractivity contribution in [1.82, 2.24) is 0 Å². The molecule has 6 rings (SSSR count). The third kappa shape index (κ3) is 10.1. The zero-order valence-corrected chi connectivity index (χ0v) is 32.1. The van der Waals surface area contributed by atoms with Gasteiger partial charge in [0.25, 0.3) is 0 Å². The molecule has 0 bridgehead atoms. The fraction of sp³-hybridized carbons (Fsp3) is 0.333. The van der Waals surface area contributed by atoms with Crippen LogP contribution in [0.1, 0.15) is 96.9 Å². The Kier molecular flexibility index (Phi) is 13.8. The van der Waals surface area contributed by atoms with Crippen molar-refractivity contribution >= 4 is 23.9 Å². The smallest absolute Gasteiger partial charge is 0.384 e. The SMILES string of the molecule is CCOC(=O)C#Cc1ccccc1CCC(=O)Oc1ccc2c(c1-c1c(OC(=O)CCc3ccccc3C#CC(=O)OCC)ccc3c1CCCC3)CCCC2. The molecule has 4 aromatic carbocycles. The maximum atomic E-state index is 13.7. The molecule has 4 aromatic rings. The van der Waals surface area contributed by atoms with Crippen molar-refractivity contribution in [3.05, 3.63) is 117 Å². The minimum atomic E-state index is -0.599. The van der Waals surface area contributed by atoms with Crippen molar-refractivity contribution in [2.45, 2.75) is 90.9 Å². The summed E-state index contributed by atoms with van der Waals surface area (Å²) in [5.41, 5.74) is 9.31. The highest BCUT2D eigenvalue weighted by atomic mass is 16.5. The first-order valence-corrected chi connectivity index (χ1v) is 19.6. The number of benzene rings is 4. The summed E-state index contributed by atoms with van der Waals surface area (Å²) in [4.78, 5) is 51.1. The van der Waals surface area contributed by atoms with Crippen LogP contribution in [0.15, 0.2) is 72.8 Å². The second-order valence-corrected chi connectivity index (χ2v) is 13.8. The maximum absolute atomic E-state index is 13.7. The molecule has 0 atom stereocenters. The van der Waals surface area contributed by atoms with Crippen molar-refractivity contribution in [3.63, 3.8) is 0 Å². The summed E-state index contributed by atoms with van der Waals surface area (Å²) in [6.07, 6.45) is 8.56. The van der Waals surface area contributed by atoms with Gasteiger partial charge in [0.1, 0.15) is 11.5 Å². The van der Waals surface area contributed by atoms with Crippen LogP contribution in [0.25, 0.3) is 11.1 Å². The van der Waals surface area contributed by atoms with E-state index in [9.17, 15) is 19.2 Å². The minimum Gasteiger partial charge on any atom is -0.456 e. The lowest BCUT2D eigenvalue weighted by atomic mass is 9.80. The highest BCUT2D eigenvalue weighted by Crippen LogP contribution is 2.47. The van der Waals surface area contributed by atoms with Crippen LogP contribution in [0, 0.1) is 23.7 Å². The molecule has 0 heterocycles. The molecule has 2 aliphatic rings. The molecule has 0 N–H and O–H groups in total. The molecule has 0 saturated carbocycles. The van der Waals surface area contributed by atoms with Gasteiger partial charge in [-0.1, -0.05) is 60.4 Å². The van der Waals surface area contributed by atoms with Crippen LogP contribution in [0.4, 0.5) is 0 Å². The van der Waals surface area contributed by atoms with Gasteiger partial charge in [0.2, 0.25) is 0 Å². The monoisotopic (exact) mass is 750 g/mol. The van der Waals surface area contributed by atoms with Crippen LogP contribution in [-0.4, -0.2) is 37.1 Å². The van der Waals surface area contributed by atoms with Crippen molar-refractivity contribution in [2.75, 3.05) is 13.2 Å². The molecule has 0 radical (unpaired) electrons. The lowest BCUT2D eigenvalue weighted by Gasteiger charge is -2.27. The highest BCUT2D eigenvalue weighted by Gasteiger charge is 2.28. The Morgan fingerprint density at radius 3 is 1.38 bits per heavy atom. The number of carbonyl (C=O) groups is 4. The Morgan fingerprint density at radius 2 is 0.946 bits per heavy atom. The van der Waals surface area contributed by atoms with Gasteiger partial charge >= 0.3 is 23.9 Å². The first kappa shape index (κ1) is 39.6. The average molecular weight is 751 g/mol. The molecule has 0 saturated heterocycles. The van der Waals surface area contributed by atoms with E-state index < -0.39 is 23.9 Å². The molecular weight excluding hydrogens is 705 g/mol. The highest BCUT2D eigenvalue weighted by molar-refractivity contribution is 5.90. The van der Waals surface area contributed by atoms with Crippen LogP contribution in [0.5, 0.6) is 11.5 Å². The van der Waals surface area contributed by atoms with Gasteiger partial charge in [0.15, 0.2) is 0 Å². The maximum Gasteiger partial charge on any atom is 0.384 e. The normalized spacial score (nSPS) is 12.7. The van der Waals surface area contributed by atoms with Crippen molar-refractivity contribution in [1.29, 1.82) is 0 Å². The number of carbonyl (C=O) groups excluding carboxylic acids is 4. The van der Waals surface area contributed by atoms with Crippen LogP contribution < -0.4 is 9.47 Å². The van der Waals surface area contributed by atoms with E-state index in [1.807, 2.05) is 60.7 Å². The third-order valence-electron chi connectivity index (χ3n) is 10.1. The van der Waals surface area contributed by atoms with Gasteiger partial charge in [-0.05, 0) is 136 Å². The minimum absolute atomic E-state index is 0.0923. The first-order chi connectivity index (χ1) is 27.3. The Hall–Kier alpha value is -6.12. The van der Waals surface area contributed by atoms with E-state index in [1.54, 1.807) is 13.8 Å². The van der Waals surface area contributed by atoms with Gasteiger partial charge in [0.05, 0.1) is 26.1 Å². The van der Waals surface area contributed by atoms with E-state index in [0.717, 1.165) is 84.7 Å². The molecule has 8 heteroatoms. The predicted molar refractivity (Wildman–Crippen MR) is 213 cm³/mol. The summed E-state index contributed by atoms with van der Waals surface area (Å²) < 4.78 is 22.4. The summed E-state index contributed by atoms with van der Waals surface area (Å²) in [5, 5.41) is 0. The van der Waals surface area contributed by atoms with Crippen molar-refractivity contribution in [2.24, 2.45) is 0 Å². The lowest BCUT2D eigenvalue weighted by Crippen LogP contribution is -2.16. The lowest BCUT2D eigenvalue weighted by molar-refractivity contribution is -0.137. The molecule has 2 aliphatic carbocycles. The van der Waals surface area contributed by atoms with Crippen LogP contribution in [0.2, 0.25) is 0 Å². The quantitative estimate of drug-likeness (QED) is 0.0863. The van der Waals surface area contributed by atoms with Gasteiger partial charge in [-0.3, -0.25) is 9.59 Å². The number of hydrogen-bond donors (Lipinski definition) is 0. The van der Waals surface area contributed by atoms with Gasteiger partial charge in [-0.2, -0.15) is 0 Å². The van der Waals surface area contributed by atoms with Gasteiger partial charge in [0, 0.05) is 34.1 Å². The number of rotatable bonds is 11. The average Bonchev–Trinajstić information content (AvgIpc) is 3.21. The molecule has 56 heavy (non-hydrogen) atoms. The molecule has 0 fully saturated rings. The molecule has 8 nitrogen and oxygen atoms in total. The van der Waals surface area contributed by atoms with Crippen molar-refractivity contribution < 1.29 is 38.1 Å². The van der Waals surface area contributed by atoms with Gasteiger partial charge < -0.3 is 18.9 Å². The fourth-order valence-corrected chi connectivity index (χ4v) is 7.44. The van der Waals surface area contributed by atoms with E-state index in [-0.39, 0.29) is 26.1 Å². The molecular formula is C48H46O8. The standard InChI is InChI=1S/C48H46O8/c1-3-53-43(49)29-23-33-13-5-7-15-35(33)25-31-45(51)55-41-27-21-37-17-9-11-19-39(37)47(41)48-40-20-12-10-18-38(40)22-28-42(48)56-46(52)32-26-36-16-8-6-14-34(36)24-30-44(50)54-4-2/h5-8,13-16,21-22,27-28H,3-4,9-12,17-20,25-26,31-32H2,1-2H3. The zero-order chi connectivity index (χ0) is 39.3. The molecule has 0 unspecified atom stereocenters. The first-order valence-electron chi connectivity index (χ1n) is 19.6. The van der Waals surface area contributed by atoms with E-state index >= 15 is 0 Å². The summed E-state index contributed by atoms with van der Waals surface area (Å²) >= 11 is 0. The third-order valence-corrected chi connectivity index (χ3v) is 10.1. The van der Waals surface area contributed by atoms with Crippen LogP contribution in [0.3, 0.4) is 0 Å². The Bertz CT molecular complexity index is 2080. The Morgan fingerprint density at radius 1 is 0.536 bits per heavy atom. The van der Waals surface area contributed by atoms with Gasteiger partial charge in [-0.15, -0.1) is 0 Å². The largest absolute Gasteiger partial charge is 0.456 e. The Labute approximate surface area is 328 Å². The van der Waals surface area contributed by atoms with E-state index in [0.29, 0.717) is 35.5 Å². The fourth-order valence-electron chi connectivity index (χ4n) is 7.44. The number of ether oxygens (including phenoxy) is 4. The van der Waals surface area contributed by atoms with E-state index in [1.165, 1.54) is 11.1 Å². The van der Waals surface area contributed by atoms with Gasteiger partial charge in [-0.25, -0.2) is 9.59 Å². The summed E-state index contributed by atoms with van der Waals surface area (Å²) in [6, 6.07) is 22.7. The molecule has 0 aliphatic heterocycles. The summed E-state index contributed by atoms with van der Waals surface area (Å²) in [5.74, 6) is 9.70. The van der Waals surface area contributed by atoms with Crippen molar-refractivity contribution in [3.8, 4) is 46.3 Å². The summed E-state index contributed by atoms with van der Waals surface area (Å²) in [7, 11) is 0. The Balaban J connectivity index is 1.28. The van der Waals surface area contributed by atoms with Crippen LogP contribution >= 0.6 is 0 Å².